The second kappa shape index (κ2) is 7.82. The zero-order chi connectivity index (χ0) is 19.4. The Morgan fingerprint density at radius 2 is 1.89 bits per heavy atom. The van der Waals surface area contributed by atoms with E-state index in [1.54, 1.807) is 33.1 Å². The third-order valence-corrected chi connectivity index (χ3v) is 4.17. The molecule has 0 aliphatic heterocycles. The van der Waals surface area contributed by atoms with Gasteiger partial charge in [0.05, 0.1) is 23.9 Å². The molecule has 0 aliphatic carbocycles. The van der Waals surface area contributed by atoms with Crippen LogP contribution in [0.25, 0.3) is 11.0 Å². The number of carbonyl (C=O) groups excluding carboxylic acids is 1. The molecule has 3 aromatic rings. The molecule has 0 bridgehead atoms. The molecule has 0 atom stereocenters. The van der Waals surface area contributed by atoms with E-state index in [0.29, 0.717) is 22.4 Å². The zero-order valence-electron chi connectivity index (χ0n) is 15.4. The van der Waals surface area contributed by atoms with Crippen molar-refractivity contribution in [3.63, 3.8) is 0 Å². The van der Waals surface area contributed by atoms with Crippen molar-refractivity contribution in [1.82, 2.24) is 15.0 Å². The van der Waals surface area contributed by atoms with Crippen LogP contribution in [0.1, 0.15) is 18.2 Å². The molecule has 0 fully saturated rings. The van der Waals surface area contributed by atoms with Gasteiger partial charge in [-0.15, -0.1) is 0 Å². The van der Waals surface area contributed by atoms with Crippen LogP contribution in [-0.4, -0.2) is 28.3 Å². The van der Waals surface area contributed by atoms with Gasteiger partial charge in [0.15, 0.2) is 0 Å². The highest BCUT2D eigenvalue weighted by atomic mass is 16.5. The summed E-state index contributed by atoms with van der Waals surface area (Å²) in [4.78, 5) is 29.0. The Labute approximate surface area is 156 Å². The number of aromatic nitrogens is 2. The van der Waals surface area contributed by atoms with Gasteiger partial charge in [-0.05, 0) is 55.8 Å². The number of hydrogen-bond acceptors (Lipinski definition) is 5. The minimum absolute atomic E-state index is 0.137. The number of rotatable bonds is 5. The Bertz CT molecular complexity index is 1070. The smallest absolute Gasteiger partial charge is 0.272 e. The van der Waals surface area contributed by atoms with Crippen LogP contribution in [0.3, 0.4) is 0 Å². The summed E-state index contributed by atoms with van der Waals surface area (Å²) in [5.41, 5.74) is 5.35. The SMILES string of the molecule is COc1ccc(/C(C)=N/NC(=O)Cn2c(=O)c(C)nc3ccccc32)cc1. The summed E-state index contributed by atoms with van der Waals surface area (Å²) >= 11 is 0. The van der Waals surface area contributed by atoms with Crippen LogP contribution >= 0.6 is 0 Å². The van der Waals surface area contributed by atoms with E-state index in [-0.39, 0.29) is 18.0 Å². The predicted octanol–water partition coefficient (Wildman–Crippen LogP) is 2.25. The van der Waals surface area contributed by atoms with Crippen LogP contribution in [0.4, 0.5) is 0 Å². The average Bonchev–Trinajstić information content (AvgIpc) is 2.69. The molecule has 0 spiro atoms. The lowest BCUT2D eigenvalue weighted by molar-refractivity contribution is -0.121. The van der Waals surface area contributed by atoms with Crippen molar-refractivity contribution in [3.05, 3.63) is 70.1 Å². The summed E-state index contributed by atoms with van der Waals surface area (Å²) in [7, 11) is 1.60. The topological polar surface area (TPSA) is 85.6 Å². The highest BCUT2D eigenvalue weighted by molar-refractivity contribution is 5.99. The van der Waals surface area contributed by atoms with Gasteiger partial charge in [-0.25, -0.2) is 10.4 Å². The largest absolute Gasteiger partial charge is 0.497 e. The predicted molar refractivity (Wildman–Crippen MR) is 104 cm³/mol. The summed E-state index contributed by atoms with van der Waals surface area (Å²) in [5, 5.41) is 4.12. The average molecular weight is 364 g/mol. The van der Waals surface area contributed by atoms with E-state index in [0.717, 1.165) is 11.3 Å². The molecule has 0 aliphatic rings. The lowest BCUT2D eigenvalue weighted by atomic mass is 10.1. The zero-order valence-corrected chi connectivity index (χ0v) is 15.4. The number of hydrazone groups is 1. The number of aryl methyl sites for hydroxylation is 1. The monoisotopic (exact) mass is 364 g/mol. The van der Waals surface area contributed by atoms with Crippen molar-refractivity contribution in [1.29, 1.82) is 0 Å². The Morgan fingerprint density at radius 1 is 1.19 bits per heavy atom. The van der Waals surface area contributed by atoms with E-state index >= 15 is 0 Å². The second-order valence-corrected chi connectivity index (χ2v) is 6.04. The van der Waals surface area contributed by atoms with Gasteiger partial charge in [0.2, 0.25) is 0 Å². The molecule has 0 saturated carbocycles. The molecule has 3 rings (SSSR count). The molecular formula is C20H20N4O3. The number of carbonyl (C=O) groups is 1. The van der Waals surface area contributed by atoms with E-state index in [1.807, 2.05) is 36.4 Å². The normalized spacial score (nSPS) is 11.4. The third-order valence-electron chi connectivity index (χ3n) is 4.17. The fourth-order valence-electron chi connectivity index (χ4n) is 2.70. The van der Waals surface area contributed by atoms with Crippen LogP contribution < -0.4 is 15.7 Å². The third kappa shape index (κ3) is 4.03. The first-order valence-corrected chi connectivity index (χ1v) is 8.43. The molecular weight excluding hydrogens is 344 g/mol. The number of nitrogens with one attached hydrogen (secondary N) is 1. The first kappa shape index (κ1) is 18.3. The Hall–Kier alpha value is -3.48. The molecule has 1 amide bonds. The fourth-order valence-corrected chi connectivity index (χ4v) is 2.70. The van der Waals surface area contributed by atoms with E-state index in [1.165, 1.54) is 4.57 Å². The summed E-state index contributed by atoms with van der Waals surface area (Å²) in [6.45, 7) is 3.29. The molecule has 1 aromatic heterocycles. The Morgan fingerprint density at radius 3 is 2.59 bits per heavy atom. The fraction of sp³-hybridized carbons (Fsp3) is 0.200. The number of fused-ring (bicyclic) bond motifs is 1. The summed E-state index contributed by atoms with van der Waals surface area (Å²) in [6.07, 6.45) is 0. The van der Waals surface area contributed by atoms with Crippen molar-refractivity contribution < 1.29 is 9.53 Å². The van der Waals surface area contributed by atoms with Crippen molar-refractivity contribution in [2.75, 3.05) is 7.11 Å². The van der Waals surface area contributed by atoms with E-state index < -0.39 is 0 Å². The van der Waals surface area contributed by atoms with Gasteiger partial charge < -0.3 is 4.74 Å². The number of ether oxygens (including phenoxy) is 1. The van der Waals surface area contributed by atoms with Gasteiger partial charge in [-0.3, -0.25) is 14.2 Å². The summed E-state index contributed by atoms with van der Waals surface area (Å²) in [6, 6.07) is 14.6. The van der Waals surface area contributed by atoms with E-state index in [2.05, 4.69) is 15.5 Å². The lowest BCUT2D eigenvalue weighted by Crippen LogP contribution is -2.32. The van der Waals surface area contributed by atoms with Crippen LogP contribution in [0.5, 0.6) is 5.75 Å². The number of nitrogens with zero attached hydrogens (tertiary/aromatic N) is 3. The van der Waals surface area contributed by atoms with Crippen molar-refractivity contribution in [2.45, 2.75) is 20.4 Å². The van der Waals surface area contributed by atoms with Gasteiger partial charge in [-0.1, -0.05) is 12.1 Å². The summed E-state index contributed by atoms with van der Waals surface area (Å²) in [5.74, 6) is 0.357. The molecule has 0 saturated heterocycles. The second-order valence-electron chi connectivity index (χ2n) is 6.04. The molecule has 138 valence electrons. The maximum Gasteiger partial charge on any atom is 0.272 e. The number of para-hydroxylation sites is 2. The van der Waals surface area contributed by atoms with Gasteiger partial charge in [0, 0.05) is 0 Å². The van der Waals surface area contributed by atoms with Gasteiger partial charge in [-0.2, -0.15) is 5.10 Å². The standard InChI is InChI=1S/C20H20N4O3/c1-13(15-8-10-16(27-3)11-9-15)22-23-19(25)12-24-18-7-5-4-6-17(18)21-14(2)20(24)26/h4-11H,12H2,1-3H3,(H,23,25)/b22-13+. The Balaban J connectivity index is 1.79. The molecule has 27 heavy (non-hydrogen) atoms. The van der Waals surface area contributed by atoms with Crippen LogP contribution in [0, 0.1) is 6.92 Å². The number of hydrogen-bond donors (Lipinski definition) is 1. The molecule has 2 aromatic carbocycles. The molecule has 0 unspecified atom stereocenters. The van der Waals surface area contributed by atoms with E-state index in [9.17, 15) is 9.59 Å². The first-order chi connectivity index (χ1) is 13.0. The number of methoxy groups -OCH3 is 1. The van der Waals surface area contributed by atoms with Crippen LogP contribution in [0.2, 0.25) is 0 Å². The van der Waals surface area contributed by atoms with Crippen molar-refractivity contribution >= 4 is 22.7 Å². The molecule has 7 heteroatoms. The van der Waals surface area contributed by atoms with Gasteiger partial charge in [0.25, 0.3) is 11.5 Å². The molecule has 0 radical (unpaired) electrons. The summed E-state index contributed by atoms with van der Waals surface area (Å²) < 4.78 is 6.53. The van der Waals surface area contributed by atoms with Crippen LogP contribution in [-0.2, 0) is 11.3 Å². The minimum Gasteiger partial charge on any atom is -0.497 e. The quantitative estimate of drug-likeness (QED) is 0.556. The van der Waals surface area contributed by atoms with E-state index in [4.69, 9.17) is 4.74 Å². The maximum absolute atomic E-state index is 12.4. The first-order valence-electron chi connectivity index (χ1n) is 8.43. The van der Waals surface area contributed by atoms with Crippen molar-refractivity contribution in [3.8, 4) is 5.75 Å². The Kier molecular flexibility index (Phi) is 5.30. The number of benzene rings is 2. The highest BCUT2D eigenvalue weighted by Crippen LogP contribution is 2.12. The van der Waals surface area contributed by atoms with Gasteiger partial charge in [0.1, 0.15) is 18.0 Å². The maximum atomic E-state index is 12.4. The molecule has 1 heterocycles. The minimum atomic E-state index is -0.388. The molecule has 1 N–H and O–H groups in total. The van der Waals surface area contributed by atoms with Gasteiger partial charge >= 0.3 is 0 Å². The van der Waals surface area contributed by atoms with Crippen molar-refractivity contribution in [2.24, 2.45) is 5.10 Å². The molecule has 7 nitrogen and oxygen atoms in total. The highest BCUT2D eigenvalue weighted by Gasteiger charge is 2.11. The number of amides is 1. The van der Waals surface area contributed by atoms with Crippen LogP contribution in [0.15, 0.2) is 58.4 Å². The lowest BCUT2D eigenvalue weighted by Gasteiger charge is -2.10.